The van der Waals surface area contributed by atoms with Gasteiger partial charge in [0.05, 0.1) is 22.8 Å². The monoisotopic (exact) mass is 314 g/mol. The number of para-hydroxylation sites is 2. The standard InChI is InChI=1S/C17H18N2O2S/c1-13(2)22(20,21)17-18-15-10-6-7-11-16(15)19(17)12-14-8-4-3-5-9-14/h3-11,13H,12H2,1-2H3. The van der Waals surface area contributed by atoms with Crippen LogP contribution in [0.25, 0.3) is 11.0 Å². The molecule has 3 aromatic rings. The quantitative estimate of drug-likeness (QED) is 0.742. The molecule has 0 spiro atoms. The lowest BCUT2D eigenvalue weighted by atomic mass is 10.2. The molecule has 0 saturated carbocycles. The van der Waals surface area contributed by atoms with E-state index in [1.807, 2.05) is 54.6 Å². The molecule has 0 unspecified atom stereocenters. The zero-order valence-corrected chi connectivity index (χ0v) is 13.4. The van der Waals surface area contributed by atoms with Gasteiger partial charge in [0.1, 0.15) is 0 Å². The van der Waals surface area contributed by atoms with E-state index in [2.05, 4.69) is 4.98 Å². The van der Waals surface area contributed by atoms with Crippen molar-refractivity contribution < 1.29 is 8.42 Å². The first-order valence-electron chi connectivity index (χ1n) is 7.23. The van der Waals surface area contributed by atoms with Crippen LogP contribution < -0.4 is 0 Å². The van der Waals surface area contributed by atoms with Crippen LogP contribution in [0.4, 0.5) is 0 Å². The Labute approximate surface area is 130 Å². The molecule has 0 N–H and O–H groups in total. The number of sulfone groups is 1. The molecule has 0 aliphatic heterocycles. The van der Waals surface area contributed by atoms with Crippen LogP contribution in [0.15, 0.2) is 59.8 Å². The van der Waals surface area contributed by atoms with E-state index in [-0.39, 0.29) is 5.16 Å². The second-order valence-corrected chi connectivity index (χ2v) is 7.95. The minimum atomic E-state index is -3.44. The van der Waals surface area contributed by atoms with E-state index in [0.717, 1.165) is 11.1 Å². The summed E-state index contributed by atoms with van der Waals surface area (Å²) in [6, 6.07) is 17.3. The Hall–Kier alpha value is -2.14. The third kappa shape index (κ3) is 2.52. The number of aromatic nitrogens is 2. The lowest BCUT2D eigenvalue weighted by molar-refractivity contribution is 0.567. The fraction of sp³-hybridized carbons (Fsp3) is 0.235. The molecule has 0 saturated heterocycles. The molecule has 0 atom stereocenters. The maximum Gasteiger partial charge on any atom is 0.229 e. The van der Waals surface area contributed by atoms with Crippen molar-refractivity contribution in [2.45, 2.75) is 30.8 Å². The van der Waals surface area contributed by atoms with Crippen molar-refractivity contribution in [3.05, 3.63) is 60.2 Å². The molecule has 0 bridgehead atoms. The Bertz CT molecular complexity index is 897. The van der Waals surface area contributed by atoms with Crippen molar-refractivity contribution in [1.29, 1.82) is 0 Å². The van der Waals surface area contributed by atoms with E-state index in [9.17, 15) is 8.42 Å². The van der Waals surface area contributed by atoms with E-state index < -0.39 is 15.1 Å². The van der Waals surface area contributed by atoms with Crippen molar-refractivity contribution in [3.63, 3.8) is 0 Å². The van der Waals surface area contributed by atoms with Crippen LogP contribution in [-0.2, 0) is 16.4 Å². The maximum absolute atomic E-state index is 12.6. The number of hydrogen-bond donors (Lipinski definition) is 0. The van der Waals surface area contributed by atoms with Gasteiger partial charge in [-0.25, -0.2) is 13.4 Å². The summed E-state index contributed by atoms with van der Waals surface area (Å²) < 4.78 is 27.1. The second kappa shape index (κ2) is 5.57. The molecular formula is C17H18N2O2S. The highest BCUT2D eigenvalue weighted by molar-refractivity contribution is 7.91. The number of imidazole rings is 1. The summed E-state index contributed by atoms with van der Waals surface area (Å²) in [4.78, 5) is 4.38. The first-order chi connectivity index (χ1) is 10.5. The SMILES string of the molecule is CC(C)S(=O)(=O)c1nc2ccccc2n1Cc1ccccc1. The van der Waals surface area contributed by atoms with Gasteiger partial charge in [0, 0.05) is 0 Å². The van der Waals surface area contributed by atoms with Crippen LogP contribution in [0.5, 0.6) is 0 Å². The van der Waals surface area contributed by atoms with E-state index in [4.69, 9.17) is 0 Å². The van der Waals surface area contributed by atoms with E-state index >= 15 is 0 Å². The summed E-state index contributed by atoms with van der Waals surface area (Å²) in [5, 5.41) is -0.355. The predicted octanol–water partition coefficient (Wildman–Crippen LogP) is 3.27. The van der Waals surface area contributed by atoms with Crippen LogP contribution in [-0.4, -0.2) is 23.2 Å². The Morgan fingerprint density at radius 3 is 2.32 bits per heavy atom. The van der Waals surface area contributed by atoms with Crippen LogP contribution in [0.3, 0.4) is 0 Å². The molecule has 0 fully saturated rings. The summed E-state index contributed by atoms with van der Waals surface area (Å²) in [7, 11) is -3.44. The molecule has 22 heavy (non-hydrogen) atoms. The number of rotatable bonds is 4. The van der Waals surface area contributed by atoms with Crippen molar-refractivity contribution in [2.24, 2.45) is 0 Å². The molecule has 0 aliphatic carbocycles. The smallest absolute Gasteiger partial charge is 0.229 e. The topological polar surface area (TPSA) is 52.0 Å². The Morgan fingerprint density at radius 2 is 1.64 bits per heavy atom. The molecule has 0 amide bonds. The first-order valence-corrected chi connectivity index (χ1v) is 8.78. The van der Waals surface area contributed by atoms with Gasteiger partial charge in [0.2, 0.25) is 15.0 Å². The highest BCUT2D eigenvalue weighted by atomic mass is 32.2. The van der Waals surface area contributed by atoms with Gasteiger partial charge in [-0.15, -0.1) is 0 Å². The van der Waals surface area contributed by atoms with Crippen molar-refractivity contribution >= 4 is 20.9 Å². The molecule has 3 rings (SSSR count). The molecule has 0 aliphatic rings. The number of nitrogens with zero attached hydrogens (tertiary/aromatic N) is 2. The highest BCUT2D eigenvalue weighted by Gasteiger charge is 2.26. The van der Waals surface area contributed by atoms with E-state index in [1.54, 1.807) is 18.4 Å². The van der Waals surface area contributed by atoms with Crippen LogP contribution in [0, 0.1) is 0 Å². The average molecular weight is 314 g/mol. The van der Waals surface area contributed by atoms with Gasteiger partial charge in [0.25, 0.3) is 0 Å². The first kappa shape index (κ1) is 14.8. The summed E-state index contributed by atoms with van der Waals surface area (Å²) in [5.74, 6) is 0. The van der Waals surface area contributed by atoms with Crippen LogP contribution >= 0.6 is 0 Å². The molecule has 0 radical (unpaired) electrons. The van der Waals surface area contributed by atoms with Crippen molar-refractivity contribution in [2.75, 3.05) is 0 Å². The zero-order chi connectivity index (χ0) is 15.7. The maximum atomic E-state index is 12.6. The largest absolute Gasteiger partial charge is 0.310 e. The summed E-state index contributed by atoms with van der Waals surface area (Å²) in [5.41, 5.74) is 2.59. The number of benzene rings is 2. The Balaban J connectivity index is 2.22. The molecular weight excluding hydrogens is 296 g/mol. The van der Waals surface area contributed by atoms with Gasteiger partial charge in [0.15, 0.2) is 0 Å². The summed E-state index contributed by atoms with van der Waals surface area (Å²) in [6.07, 6.45) is 0. The summed E-state index contributed by atoms with van der Waals surface area (Å²) >= 11 is 0. The van der Waals surface area contributed by atoms with Gasteiger partial charge in [-0.05, 0) is 31.5 Å². The van der Waals surface area contributed by atoms with E-state index in [1.165, 1.54) is 0 Å². The molecule has 5 heteroatoms. The van der Waals surface area contributed by atoms with Gasteiger partial charge >= 0.3 is 0 Å². The van der Waals surface area contributed by atoms with E-state index in [0.29, 0.717) is 12.1 Å². The highest BCUT2D eigenvalue weighted by Crippen LogP contribution is 2.23. The van der Waals surface area contributed by atoms with Crippen LogP contribution in [0.1, 0.15) is 19.4 Å². The Morgan fingerprint density at radius 1 is 1.00 bits per heavy atom. The third-order valence-electron chi connectivity index (χ3n) is 3.68. The number of fused-ring (bicyclic) bond motifs is 1. The molecule has 2 aromatic carbocycles. The van der Waals surface area contributed by atoms with Crippen molar-refractivity contribution in [1.82, 2.24) is 9.55 Å². The molecule has 4 nitrogen and oxygen atoms in total. The normalized spacial score (nSPS) is 12.1. The lowest BCUT2D eigenvalue weighted by Gasteiger charge is -2.11. The Kier molecular flexibility index (Phi) is 3.74. The minimum absolute atomic E-state index is 0.146. The van der Waals surface area contributed by atoms with Gasteiger partial charge in [-0.1, -0.05) is 42.5 Å². The number of hydrogen-bond acceptors (Lipinski definition) is 3. The minimum Gasteiger partial charge on any atom is -0.310 e. The third-order valence-corrected chi connectivity index (χ3v) is 5.74. The second-order valence-electron chi connectivity index (χ2n) is 5.55. The lowest BCUT2D eigenvalue weighted by Crippen LogP contribution is -2.19. The molecule has 114 valence electrons. The molecule has 1 heterocycles. The average Bonchev–Trinajstić information content (AvgIpc) is 2.88. The predicted molar refractivity (Wildman–Crippen MR) is 87.6 cm³/mol. The molecule has 1 aromatic heterocycles. The fourth-order valence-corrected chi connectivity index (χ4v) is 3.52. The van der Waals surface area contributed by atoms with Gasteiger partial charge in [-0.3, -0.25) is 0 Å². The zero-order valence-electron chi connectivity index (χ0n) is 12.6. The van der Waals surface area contributed by atoms with Crippen molar-refractivity contribution in [3.8, 4) is 0 Å². The fourth-order valence-electron chi connectivity index (χ4n) is 2.40. The van der Waals surface area contributed by atoms with Gasteiger partial charge in [-0.2, -0.15) is 0 Å². The summed E-state index contributed by atoms with van der Waals surface area (Å²) in [6.45, 7) is 3.85. The van der Waals surface area contributed by atoms with Gasteiger partial charge < -0.3 is 4.57 Å². The van der Waals surface area contributed by atoms with Crippen LogP contribution in [0.2, 0.25) is 0 Å².